The fourth-order valence-corrected chi connectivity index (χ4v) is 3.85. The normalized spacial score (nSPS) is 23.0. The molecule has 0 unspecified atom stereocenters. The second-order valence-electron chi connectivity index (χ2n) is 8.09. The van der Waals surface area contributed by atoms with E-state index in [1.807, 2.05) is 38.1 Å². The summed E-state index contributed by atoms with van der Waals surface area (Å²) in [4.78, 5) is 27.8. The summed E-state index contributed by atoms with van der Waals surface area (Å²) in [6, 6.07) is 7.70. The van der Waals surface area contributed by atoms with Gasteiger partial charge in [-0.15, -0.1) is 0 Å². The molecule has 3 N–H and O–H groups in total. The van der Waals surface area contributed by atoms with Gasteiger partial charge in [0.2, 0.25) is 5.91 Å². The number of amides is 3. The van der Waals surface area contributed by atoms with Gasteiger partial charge in [0.15, 0.2) is 0 Å². The molecule has 0 aromatic heterocycles. The number of nitrogens with zero attached hydrogens (tertiary/aromatic N) is 2. The fourth-order valence-electron chi connectivity index (χ4n) is 3.85. The number of fused-ring (bicyclic) bond motifs is 1. The van der Waals surface area contributed by atoms with E-state index in [-0.39, 0.29) is 36.4 Å². The van der Waals surface area contributed by atoms with Gasteiger partial charge in [0.1, 0.15) is 11.4 Å². The second kappa shape index (κ2) is 8.26. The molecule has 0 aliphatic carbocycles. The van der Waals surface area contributed by atoms with Crippen LogP contribution in [0.25, 0.3) is 0 Å². The Labute approximate surface area is 165 Å². The van der Waals surface area contributed by atoms with Crippen LogP contribution < -0.4 is 20.3 Å². The average Bonchev–Trinajstić information content (AvgIpc) is 3.01. The quantitative estimate of drug-likeness (QED) is 0.692. The van der Waals surface area contributed by atoms with Gasteiger partial charge in [-0.1, -0.05) is 12.1 Å². The standard InChI is InChI=1S/C20H30N4O4/c1-20(2)13-23(15-6-4-5-7-17(15)28-20)9-8-22-19(27)24-11-14(16(25)12-24)10-18(26)21-3/h4-7,14,16,25H,8-13H2,1-3H3,(H,21,26)(H,22,27)/t14-,16-/m1/s1. The summed E-state index contributed by atoms with van der Waals surface area (Å²) in [7, 11) is 1.57. The van der Waals surface area contributed by atoms with E-state index in [1.54, 1.807) is 11.9 Å². The van der Waals surface area contributed by atoms with Crippen LogP contribution in [0.3, 0.4) is 0 Å². The van der Waals surface area contributed by atoms with Crippen LogP contribution in [-0.4, -0.2) is 73.4 Å². The van der Waals surface area contributed by atoms with Gasteiger partial charge in [-0.3, -0.25) is 4.79 Å². The van der Waals surface area contributed by atoms with Gasteiger partial charge >= 0.3 is 6.03 Å². The maximum absolute atomic E-state index is 12.5. The molecule has 154 valence electrons. The number of para-hydroxylation sites is 2. The third-order valence-corrected chi connectivity index (χ3v) is 5.24. The van der Waals surface area contributed by atoms with Crippen LogP contribution in [0.2, 0.25) is 0 Å². The summed E-state index contributed by atoms with van der Waals surface area (Å²) in [5.41, 5.74) is 0.725. The molecule has 0 saturated carbocycles. The lowest BCUT2D eigenvalue weighted by Crippen LogP contribution is -2.49. The maximum Gasteiger partial charge on any atom is 0.317 e. The fraction of sp³-hybridized carbons (Fsp3) is 0.600. The Morgan fingerprint density at radius 1 is 1.29 bits per heavy atom. The molecule has 3 amide bonds. The third kappa shape index (κ3) is 4.67. The van der Waals surface area contributed by atoms with Crippen molar-refractivity contribution in [1.29, 1.82) is 0 Å². The number of benzene rings is 1. The highest BCUT2D eigenvalue weighted by molar-refractivity contribution is 5.77. The SMILES string of the molecule is CNC(=O)C[C@@H]1CN(C(=O)NCCN2CC(C)(C)Oc3ccccc32)C[C@H]1O. The molecule has 0 bridgehead atoms. The number of β-amino-alcohol motifs (C(OH)–C–C–N with tert-alkyl or cyclic N) is 1. The van der Waals surface area contributed by atoms with Crippen molar-refractivity contribution in [2.45, 2.75) is 32.0 Å². The minimum Gasteiger partial charge on any atom is -0.484 e. The molecule has 1 saturated heterocycles. The number of ether oxygens (including phenoxy) is 1. The van der Waals surface area contributed by atoms with E-state index < -0.39 is 6.10 Å². The molecule has 28 heavy (non-hydrogen) atoms. The van der Waals surface area contributed by atoms with Crippen LogP contribution in [0, 0.1) is 5.92 Å². The summed E-state index contributed by atoms with van der Waals surface area (Å²) < 4.78 is 6.03. The summed E-state index contributed by atoms with van der Waals surface area (Å²) in [5, 5.41) is 15.6. The Balaban J connectivity index is 1.51. The maximum atomic E-state index is 12.5. The second-order valence-corrected chi connectivity index (χ2v) is 8.09. The number of urea groups is 1. The molecule has 2 heterocycles. The van der Waals surface area contributed by atoms with Gasteiger partial charge in [0.05, 0.1) is 18.3 Å². The number of nitrogens with one attached hydrogen (secondary N) is 2. The van der Waals surface area contributed by atoms with E-state index in [0.29, 0.717) is 19.6 Å². The number of aliphatic hydroxyl groups excluding tert-OH is 1. The molecule has 1 fully saturated rings. The molecule has 2 aliphatic rings. The molecule has 1 aromatic rings. The Morgan fingerprint density at radius 3 is 2.79 bits per heavy atom. The number of rotatable bonds is 5. The summed E-state index contributed by atoms with van der Waals surface area (Å²) >= 11 is 0. The molecule has 2 atom stereocenters. The van der Waals surface area contributed by atoms with Crippen molar-refractivity contribution in [3.63, 3.8) is 0 Å². The first-order chi connectivity index (χ1) is 13.3. The third-order valence-electron chi connectivity index (χ3n) is 5.24. The van der Waals surface area contributed by atoms with Crippen LogP contribution in [-0.2, 0) is 4.79 Å². The van der Waals surface area contributed by atoms with Gasteiger partial charge in [-0.05, 0) is 26.0 Å². The largest absolute Gasteiger partial charge is 0.484 e. The van der Waals surface area contributed by atoms with E-state index in [1.165, 1.54) is 0 Å². The van der Waals surface area contributed by atoms with Gasteiger partial charge in [-0.2, -0.15) is 0 Å². The highest BCUT2D eigenvalue weighted by Crippen LogP contribution is 2.36. The van der Waals surface area contributed by atoms with Crippen LogP contribution >= 0.6 is 0 Å². The molecule has 1 aromatic carbocycles. The summed E-state index contributed by atoms with van der Waals surface area (Å²) in [5.74, 6) is 0.502. The zero-order valence-corrected chi connectivity index (χ0v) is 16.8. The predicted molar refractivity (Wildman–Crippen MR) is 107 cm³/mol. The highest BCUT2D eigenvalue weighted by Gasteiger charge is 2.35. The van der Waals surface area contributed by atoms with Crippen molar-refractivity contribution in [1.82, 2.24) is 15.5 Å². The Morgan fingerprint density at radius 2 is 2.04 bits per heavy atom. The first-order valence-corrected chi connectivity index (χ1v) is 9.73. The lowest BCUT2D eigenvalue weighted by Gasteiger charge is -2.41. The zero-order valence-electron chi connectivity index (χ0n) is 16.8. The van der Waals surface area contributed by atoms with Crippen molar-refractivity contribution in [3.05, 3.63) is 24.3 Å². The molecule has 0 radical (unpaired) electrons. The van der Waals surface area contributed by atoms with E-state index in [9.17, 15) is 14.7 Å². The first kappa shape index (κ1) is 20.3. The van der Waals surface area contributed by atoms with Crippen LogP contribution in [0.15, 0.2) is 24.3 Å². The molecular weight excluding hydrogens is 360 g/mol. The van der Waals surface area contributed by atoms with E-state index in [4.69, 9.17) is 4.74 Å². The molecule has 8 heteroatoms. The van der Waals surface area contributed by atoms with Crippen LogP contribution in [0.5, 0.6) is 5.75 Å². The minimum absolute atomic E-state index is 0.125. The molecular formula is C20H30N4O4. The van der Waals surface area contributed by atoms with E-state index >= 15 is 0 Å². The van der Waals surface area contributed by atoms with Crippen molar-refractivity contribution in [2.24, 2.45) is 5.92 Å². The Bertz CT molecular complexity index is 724. The predicted octanol–water partition coefficient (Wildman–Crippen LogP) is 0.802. The van der Waals surface area contributed by atoms with Gasteiger partial charge in [0.25, 0.3) is 0 Å². The van der Waals surface area contributed by atoms with E-state index in [0.717, 1.165) is 18.0 Å². The topological polar surface area (TPSA) is 94.1 Å². The lowest BCUT2D eigenvalue weighted by molar-refractivity contribution is -0.122. The highest BCUT2D eigenvalue weighted by atomic mass is 16.5. The van der Waals surface area contributed by atoms with E-state index in [2.05, 4.69) is 15.5 Å². The number of anilines is 1. The number of hydrogen-bond acceptors (Lipinski definition) is 5. The Kier molecular flexibility index (Phi) is 5.98. The number of hydrogen-bond donors (Lipinski definition) is 3. The molecule has 2 aliphatic heterocycles. The van der Waals surface area contributed by atoms with Gasteiger partial charge < -0.3 is 30.3 Å². The summed E-state index contributed by atoms with van der Waals surface area (Å²) in [6.07, 6.45) is -0.448. The number of carbonyl (C=O) groups is 2. The number of aliphatic hydroxyl groups is 1. The van der Waals surface area contributed by atoms with Crippen LogP contribution in [0.4, 0.5) is 10.5 Å². The number of likely N-dealkylation sites (tertiary alicyclic amines) is 1. The van der Waals surface area contributed by atoms with Gasteiger partial charge in [-0.25, -0.2) is 4.79 Å². The minimum atomic E-state index is -0.671. The van der Waals surface area contributed by atoms with Crippen molar-refractivity contribution < 1.29 is 19.4 Å². The first-order valence-electron chi connectivity index (χ1n) is 9.73. The smallest absolute Gasteiger partial charge is 0.317 e. The Hall–Kier alpha value is -2.48. The van der Waals surface area contributed by atoms with Crippen molar-refractivity contribution in [3.8, 4) is 5.75 Å². The zero-order chi connectivity index (χ0) is 20.3. The monoisotopic (exact) mass is 390 g/mol. The number of carbonyl (C=O) groups excluding carboxylic acids is 2. The van der Waals surface area contributed by atoms with Crippen molar-refractivity contribution in [2.75, 3.05) is 44.7 Å². The summed E-state index contributed by atoms with van der Waals surface area (Å²) in [6.45, 7) is 6.61. The van der Waals surface area contributed by atoms with Crippen LogP contribution in [0.1, 0.15) is 20.3 Å². The average molecular weight is 390 g/mol. The van der Waals surface area contributed by atoms with Gasteiger partial charge in [0, 0.05) is 45.6 Å². The van der Waals surface area contributed by atoms with Crippen molar-refractivity contribution >= 4 is 17.6 Å². The lowest BCUT2D eigenvalue weighted by atomic mass is 10.0. The molecule has 8 nitrogen and oxygen atoms in total. The molecule has 0 spiro atoms. The molecule has 3 rings (SSSR count).